The minimum atomic E-state index is -5.59. The maximum atomic E-state index is 12.2. The summed E-state index contributed by atoms with van der Waals surface area (Å²) in [5.74, 6) is 0. The smallest absolute Gasteiger partial charge is 0.394 e. The standard InChI is InChI=1S/C15H24N2O17P2/c18-3-5-8(20)10(22)12(24)14(32-5)33-36(28,29)34-35(26,27)30-4-6-9(21)11(23)13(31-6)17-2-1-7(19)16-15(17)25/h1-2,5-6,8-14,18,20-24H,3-4H2,(H,26,27)(H,28,29)(H,16,19,25)/t5-,6-,8-,9-,10+,11-,12-,13-,14?/m0/s1. The normalized spacial score (nSPS) is 38.4. The van der Waals surface area contributed by atoms with Gasteiger partial charge in [0.25, 0.3) is 5.56 Å². The first-order valence-corrected chi connectivity index (χ1v) is 13.0. The van der Waals surface area contributed by atoms with Crippen molar-refractivity contribution in [2.45, 2.75) is 55.2 Å². The number of phosphoric ester groups is 2. The van der Waals surface area contributed by atoms with Gasteiger partial charge in [-0.2, -0.15) is 4.31 Å². The predicted molar refractivity (Wildman–Crippen MR) is 109 cm³/mol. The first-order valence-electron chi connectivity index (χ1n) is 9.99. The molecule has 1 aromatic rings. The van der Waals surface area contributed by atoms with Crippen molar-refractivity contribution >= 4 is 15.6 Å². The van der Waals surface area contributed by atoms with Crippen LogP contribution in [0, 0.1) is 0 Å². The van der Waals surface area contributed by atoms with Gasteiger partial charge in [-0.25, -0.2) is 13.9 Å². The zero-order valence-electron chi connectivity index (χ0n) is 17.9. The number of nitrogens with one attached hydrogen (secondary N) is 1. The number of phosphoric acid groups is 2. The van der Waals surface area contributed by atoms with Crippen molar-refractivity contribution < 1.29 is 72.4 Å². The maximum absolute atomic E-state index is 12.2. The van der Waals surface area contributed by atoms with E-state index in [-0.39, 0.29) is 0 Å². The Kier molecular flexibility index (Phi) is 9.05. The molecule has 2 saturated heterocycles. The summed E-state index contributed by atoms with van der Waals surface area (Å²) in [7, 11) is -11.1. The summed E-state index contributed by atoms with van der Waals surface area (Å²) in [5, 5.41) is 58.6. The van der Waals surface area contributed by atoms with Crippen molar-refractivity contribution in [2.24, 2.45) is 0 Å². The molecule has 2 fully saturated rings. The van der Waals surface area contributed by atoms with E-state index in [0.29, 0.717) is 0 Å². The number of H-pyrrole nitrogens is 1. The third kappa shape index (κ3) is 6.54. The molecular formula is C15H24N2O17P2. The number of rotatable bonds is 9. The number of aliphatic hydroxyl groups is 6. The van der Waals surface area contributed by atoms with Crippen LogP contribution < -0.4 is 11.2 Å². The number of hydrogen-bond donors (Lipinski definition) is 9. The SMILES string of the molecule is O=c1ccn([C@H]2O[C@@H](COP(=O)(O)OP(=O)(O)OC3O[C@@H](CO)[C@H](O)[C@@H](O)[C@@H]3O)[C@H](O)[C@@H]2O)c(=O)[nH]1. The Balaban J connectivity index is 1.61. The predicted octanol–water partition coefficient (Wildman–Crippen LogP) is -4.79. The highest BCUT2D eigenvalue weighted by molar-refractivity contribution is 7.61. The van der Waals surface area contributed by atoms with Crippen molar-refractivity contribution in [1.82, 2.24) is 9.55 Å². The second-order valence-electron chi connectivity index (χ2n) is 7.68. The van der Waals surface area contributed by atoms with Crippen LogP contribution in [0.1, 0.15) is 6.23 Å². The fourth-order valence-corrected chi connectivity index (χ4v) is 5.51. The van der Waals surface area contributed by atoms with Crippen LogP contribution in [0.3, 0.4) is 0 Å². The summed E-state index contributed by atoms with van der Waals surface area (Å²) < 4.78 is 48.1. The van der Waals surface area contributed by atoms with E-state index in [4.69, 9.17) is 14.6 Å². The lowest BCUT2D eigenvalue weighted by atomic mass is 10.00. The molecule has 0 aliphatic carbocycles. The second-order valence-corrected chi connectivity index (χ2v) is 10.7. The van der Waals surface area contributed by atoms with Gasteiger partial charge in [0.15, 0.2) is 12.5 Å². The molecule has 0 saturated carbocycles. The van der Waals surface area contributed by atoms with Gasteiger partial charge in [0.1, 0.15) is 42.7 Å². The Morgan fingerprint density at radius 1 is 0.917 bits per heavy atom. The van der Waals surface area contributed by atoms with E-state index in [9.17, 15) is 54.0 Å². The molecule has 0 bridgehead atoms. The molecule has 0 spiro atoms. The van der Waals surface area contributed by atoms with Gasteiger partial charge in [0, 0.05) is 12.3 Å². The first-order chi connectivity index (χ1) is 16.7. The summed E-state index contributed by atoms with van der Waals surface area (Å²) in [4.78, 5) is 44.5. The molecule has 21 heteroatoms. The van der Waals surface area contributed by atoms with E-state index in [1.807, 2.05) is 4.98 Å². The number of aromatic amines is 1. The highest BCUT2D eigenvalue weighted by Gasteiger charge is 2.49. The van der Waals surface area contributed by atoms with Gasteiger partial charge in [-0.05, 0) is 0 Å². The monoisotopic (exact) mass is 566 g/mol. The maximum Gasteiger partial charge on any atom is 0.483 e. The fraction of sp³-hybridized carbons (Fsp3) is 0.733. The summed E-state index contributed by atoms with van der Waals surface area (Å²) in [5.41, 5.74) is -1.75. The van der Waals surface area contributed by atoms with Crippen molar-refractivity contribution in [2.75, 3.05) is 13.2 Å². The molecule has 3 unspecified atom stereocenters. The van der Waals surface area contributed by atoms with Crippen LogP contribution in [0.2, 0.25) is 0 Å². The highest BCUT2D eigenvalue weighted by atomic mass is 31.3. The quantitative estimate of drug-likeness (QED) is 0.127. The zero-order valence-corrected chi connectivity index (χ0v) is 19.6. The van der Waals surface area contributed by atoms with Crippen LogP contribution in [0.15, 0.2) is 21.9 Å². The van der Waals surface area contributed by atoms with Gasteiger partial charge in [-0.15, -0.1) is 0 Å². The average molecular weight is 566 g/mol. The van der Waals surface area contributed by atoms with Crippen LogP contribution in [0.5, 0.6) is 0 Å². The number of ether oxygens (including phenoxy) is 2. The van der Waals surface area contributed by atoms with Crippen molar-refractivity contribution in [3.8, 4) is 0 Å². The van der Waals surface area contributed by atoms with E-state index in [2.05, 4.69) is 13.4 Å². The average Bonchev–Trinajstić information content (AvgIpc) is 3.06. The lowest BCUT2D eigenvalue weighted by Crippen LogP contribution is -2.58. The van der Waals surface area contributed by atoms with Crippen molar-refractivity contribution in [3.63, 3.8) is 0 Å². The molecule has 11 atom stereocenters. The summed E-state index contributed by atoms with van der Waals surface area (Å²) in [6.07, 6.45) is -15.4. The van der Waals surface area contributed by atoms with E-state index < -0.39 is 95.4 Å². The molecule has 9 N–H and O–H groups in total. The molecule has 3 heterocycles. The summed E-state index contributed by atoms with van der Waals surface area (Å²) in [6, 6.07) is 0.928. The fourth-order valence-electron chi connectivity index (χ4n) is 3.35. The highest BCUT2D eigenvalue weighted by Crippen LogP contribution is 2.61. The lowest BCUT2D eigenvalue weighted by molar-refractivity contribution is -0.280. The minimum absolute atomic E-state index is 0.723. The van der Waals surface area contributed by atoms with Crippen LogP contribution in [0.4, 0.5) is 0 Å². The first kappa shape index (κ1) is 29.2. The molecule has 3 rings (SSSR count). The molecule has 0 amide bonds. The van der Waals surface area contributed by atoms with E-state index in [1.54, 1.807) is 0 Å². The van der Waals surface area contributed by atoms with Crippen molar-refractivity contribution in [3.05, 3.63) is 33.1 Å². The molecule has 0 aromatic carbocycles. The Morgan fingerprint density at radius 3 is 2.17 bits per heavy atom. The van der Waals surface area contributed by atoms with E-state index in [1.165, 1.54) is 0 Å². The van der Waals surface area contributed by atoms with Crippen LogP contribution in [0.25, 0.3) is 0 Å². The number of aromatic nitrogens is 2. The molecule has 2 aliphatic heterocycles. The largest absolute Gasteiger partial charge is 0.483 e. The number of nitrogens with zero attached hydrogens (tertiary/aromatic N) is 1. The lowest BCUT2D eigenvalue weighted by Gasteiger charge is -2.39. The molecule has 19 nitrogen and oxygen atoms in total. The van der Waals surface area contributed by atoms with Gasteiger partial charge in [-0.3, -0.25) is 23.4 Å². The Hall–Kier alpha value is -1.38. The third-order valence-corrected chi connectivity index (χ3v) is 7.76. The number of hydrogen-bond acceptors (Lipinski definition) is 15. The van der Waals surface area contributed by atoms with Crippen LogP contribution in [-0.4, -0.2) is 112 Å². The van der Waals surface area contributed by atoms with Gasteiger partial charge < -0.3 is 49.9 Å². The number of aliphatic hydroxyl groups excluding tert-OH is 6. The van der Waals surface area contributed by atoms with E-state index >= 15 is 0 Å². The third-order valence-electron chi connectivity index (χ3n) is 5.16. The molecule has 2 aliphatic rings. The summed E-state index contributed by atoms with van der Waals surface area (Å²) >= 11 is 0. The Bertz CT molecular complexity index is 1120. The van der Waals surface area contributed by atoms with Crippen LogP contribution >= 0.6 is 15.6 Å². The zero-order chi connectivity index (χ0) is 27.0. The Morgan fingerprint density at radius 2 is 1.56 bits per heavy atom. The second kappa shape index (κ2) is 11.2. The van der Waals surface area contributed by atoms with Crippen LogP contribution in [-0.2, 0) is 32.0 Å². The topological polar surface area (TPSA) is 297 Å². The van der Waals surface area contributed by atoms with E-state index in [0.717, 1.165) is 16.8 Å². The minimum Gasteiger partial charge on any atom is -0.394 e. The van der Waals surface area contributed by atoms with Gasteiger partial charge in [0.05, 0.1) is 13.2 Å². The summed E-state index contributed by atoms with van der Waals surface area (Å²) in [6.45, 7) is -1.93. The van der Waals surface area contributed by atoms with Gasteiger partial charge in [-0.1, -0.05) is 0 Å². The van der Waals surface area contributed by atoms with Gasteiger partial charge in [0.2, 0.25) is 0 Å². The van der Waals surface area contributed by atoms with Crippen molar-refractivity contribution in [1.29, 1.82) is 0 Å². The Labute approximate surface area is 199 Å². The molecule has 0 radical (unpaired) electrons. The molecule has 1 aromatic heterocycles. The molecule has 36 heavy (non-hydrogen) atoms. The van der Waals surface area contributed by atoms with Gasteiger partial charge >= 0.3 is 21.3 Å². The molecule has 206 valence electrons. The molecular weight excluding hydrogens is 542 g/mol.